The average molecular weight is 829 g/mol. The molecule has 0 heterocycles. The van der Waals surface area contributed by atoms with Crippen molar-refractivity contribution in [3.63, 3.8) is 0 Å². The van der Waals surface area contributed by atoms with E-state index in [1.54, 1.807) is 13.8 Å². The number of nitrogens with two attached hydrogens (primary N) is 3. The lowest BCUT2D eigenvalue weighted by Crippen LogP contribution is -2.60. The third-order valence-corrected chi connectivity index (χ3v) is 8.36. The molecular formula is C35H60N10O13. The quantitative estimate of drug-likeness (QED) is 0.0153. The van der Waals surface area contributed by atoms with E-state index in [0.717, 1.165) is 0 Å². The lowest BCUT2D eigenvalue weighted by molar-refractivity contribution is -0.140. The van der Waals surface area contributed by atoms with Crippen molar-refractivity contribution in [3.05, 3.63) is 0 Å². The second-order valence-corrected chi connectivity index (χ2v) is 14.4. The molecule has 58 heavy (non-hydrogen) atoms. The summed E-state index contributed by atoms with van der Waals surface area (Å²) in [6.45, 7) is 8.28. The highest BCUT2D eigenvalue weighted by Gasteiger charge is 2.33. The summed E-state index contributed by atoms with van der Waals surface area (Å²) >= 11 is 0. The van der Waals surface area contributed by atoms with E-state index in [-0.39, 0.29) is 37.7 Å². The van der Waals surface area contributed by atoms with E-state index in [2.05, 4.69) is 36.9 Å². The maximum atomic E-state index is 13.5. The number of aliphatic carboxylic acids is 3. The van der Waals surface area contributed by atoms with Crippen LogP contribution in [0.2, 0.25) is 0 Å². The number of aldehydes is 1. The van der Waals surface area contributed by atoms with Crippen LogP contribution in [0, 0.1) is 11.8 Å². The molecular weight excluding hydrogens is 768 g/mol. The number of guanidine groups is 1. The number of nitrogens with one attached hydrogen (secondary N) is 6. The van der Waals surface area contributed by atoms with Crippen LogP contribution in [0.5, 0.6) is 0 Å². The van der Waals surface area contributed by atoms with Gasteiger partial charge in [-0.1, -0.05) is 27.7 Å². The summed E-state index contributed by atoms with van der Waals surface area (Å²) in [6.07, 6.45) is -1.84. The van der Waals surface area contributed by atoms with Crippen LogP contribution in [0.15, 0.2) is 4.99 Å². The number of hydrogen-bond donors (Lipinski definition) is 12. The van der Waals surface area contributed by atoms with Gasteiger partial charge in [0.2, 0.25) is 35.4 Å². The van der Waals surface area contributed by atoms with Crippen molar-refractivity contribution in [1.29, 1.82) is 0 Å². The highest BCUT2D eigenvalue weighted by molar-refractivity contribution is 5.97. The molecule has 23 heteroatoms. The maximum Gasteiger partial charge on any atom is 0.303 e. The van der Waals surface area contributed by atoms with Gasteiger partial charge < -0.3 is 69.2 Å². The fourth-order valence-electron chi connectivity index (χ4n) is 5.20. The molecule has 23 nitrogen and oxygen atoms in total. The summed E-state index contributed by atoms with van der Waals surface area (Å²) in [5.41, 5.74) is 16.5. The van der Waals surface area contributed by atoms with Crippen molar-refractivity contribution in [1.82, 2.24) is 31.9 Å². The van der Waals surface area contributed by atoms with Crippen molar-refractivity contribution in [2.45, 2.75) is 135 Å². The first-order chi connectivity index (χ1) is 27.0. The number of carboxylic acids is 3. The molecule has 0 rings (SSSR count). The van der Waals surface area contributed by atoms with Gasteiger partial charge in [-0.05, 0) is 57.3 Å². The highest BCUT2D eigenvalue weighted by Crippen LogP contribution is 2.09. The van der Waals surface area contributed by atoms with Gasteiger partial charge >= 0.3 is 17.9 Å². The molecule has 0 aliphatic carbocycles. The largest absolute Gasteiger partial charge is 0.481 e. The number of carbonyl (C=O) groups is 10. The highest BCUT2D eigenvalue weighted by atomic mass is 16.4. The lowest BCUT2D eigenvalue weighted by Gasteiger charge is -2.28. The van der Waals surface area contributed by atoms with E-state index in [0.29, 0.717) is 12.7 Å². The van der Waals surface area contributed by atoms with Crippen molar-refractivity contribution < 1.29 is 63.3 Å². The molecule has 15 N–H and O–H groups in total. The minimum absolute atomic E-state index is 0.0503. The minimum atomic E-state index is -1.63. The molecule has 0 unspecified atom stereocenters. The number of amides is 6. The van der Waals surface area contributed by atoms with Crippen LogP contribution in [-0.2, 0) is 47.9 Å². The molecule has 0 fully saturated rings. The Hall–Kier alpha value is -5.87. The number of carboxylic acid groups (broad SMARTS) is 3. The molecule has 6 amide bonds. The molecule has 7 atom stereocenters. The van der Waals surface area contributed by atoms with Gasteiger partial charge in [0.25, 0.3) is 0 Å². The average Bonchev–Trinajstić information content (AvgIpc) is 3.12. The molecule has 0 aromatic heterocycles. The van der Waals surface area contributed by atoms with Crippen LogP contribution < -0.4 is 49.1 Å². The molecule has 0 aromatic carbocycles. The molecule has 0 bridgehead atoms. The first-order valence-corrected chi connectivity index (χ1v) is 18.7. The van der Waals surface area contributed by atoms with Gasteiger partial charge in [-0.25, -0.2) is 0 Å². The number of nitrogens with zero attached hydrogens (tertiary/aromatic N) is 1. The second-order valence-electron chi connectivity index (χ2n) is 14.4. The van der Waals surface area contributed by atoms with Crippen LogP contribution in [0.4, 0.5) is 0 Å². The zero-order valence-corrected chi connectivity index (χ0v) is 33.4. The normalized spacial score (nSPS) is 14.6. The molecule has 0 spiro atoms. The Morgan fingerprint density at radius 2 is 1.03 bits per heavy atom. The van der Waals surface area contributed by atoms with Crippen LogP contribution in [0.25, 0.3) is 0 Å². The Bertz CT molecular complexity index is 1490. The molecule has 328 valence electrons. The van der Waals surface area contributed by atoms with Gasteiger partial charge in [0.1, 0.15) is 36.5 Å². The molecule has 0 radical (unpaired) electrons. The summed E-state index contributed by atoms with van der Waals surface area (Å²) in [7, 11) is 0. The smallest absolute Gasteiger partial charge is 0.303 e. The van der Waals surface area contributed by atoms with E-state index < -0.39 is 134 Å². The van der Waals surface area contributed by atoms with Gasteiger partial charge in [-0.15, -0.1) is 0 Å². The van der Waals surface area contributed by atoms with Gasteiger partial charge in [-0.3, -0.25) is 48.1 Å². The van der Waals surface area contributed by atoms with E-state index in [4.69, 9.17) is 27.4 Å². The van der Waals surface area contributed by atoms with Crippen molar-refractivity contribution >= 4 is 65.6 Å². The zero-order chi connectivity index (χ0) is 44.7. The standard InChI is InChI=1S/C35H60N10O13/c1-17(2)15-20(16-46)41-32(56)22(7-6-14-39-35(37)38)44-34(58)28(18(3)4)45-29(53)19(5)40-31(55)23(9-12-26(49)50)43-33(57)24(10-13-27(51)52)42-30(54)21(36)8-11-25(47)48/h16-24,28H,6-15,36H2,1-5H3,(H,40,55)(H,41,56)(H,42,54)(H,43,57)(H,44,58)(H,45,53)(H,47,48)(H,49,50)(H,51,52)(H4,37,38,39)/t19-,20-,21-,22-,23-,24-,28-/m0/s1. The molecule has 0 saturated heterocycles. The summed E-state index contributed by atoms with van der Waals surface area (Å²) < 4.78 is 0. The van der Waals surface area contributed by atoms with Gasteiger partial charge in [-0.2, -0.15) is 0 Å². The molecule has 0 aromatic rings. The minimum Gasteiger partial charge on any atom is -0.481 e. The van der Waals surface area contributed by atoms with Crippen molar-refractivity contribution in [2.75, 3.05) is 6.54 Å². The number of carbonyl (C=O) groups excluding carboxylic acids is 7. The van der Waals surface area contributed by atoms with Gasteiger partial charge in [0.15, 0.2) is 5.96 Å². The summed E-state index contributed by atoms with van der Waals surface area (Å²) in [6, 6.07) is -9.28. The third kappa shape index (κ3) is 22.0. The monoisotopic (exact) mass is 828 g/mol. The Morgan fingerprint density at radius 1 is 0.586 bits per heavy atom. The van der Waals surface area contributed by atoms with E-state index in [1.807, 2.05) is 13.8 Å². The Morgan fingerprint density at radius 3 is 1.50 bits per heavy atom. The Kier molecular flexibility index (Phi) is 24.2. The van der Waals surface area contributed by atoms with Crippen molar-refractivity contribution in [2.24, 2.45) is 34.0 Å². The van der Waals surface area contributed by atoms with Gasteiger partial charge in [0, 0.05) is 25.8 Å². The Labute approximate surface area is 335 Å². The zero-order valence-electron chi connectivity index (χ0n) is 33.4. The van der Waals surface area contributed by atoms with E-state index in [1.165, 1.54) is 6.92 Å². The molecule has 0 saturated carbocycles. The number of rotatable bonds is 29. The van der Waals surface area contributed by atoms with Gasteiger partial charge in [0.05, 0.1) is 12.1 Å². The lowest BCUT2D eigenvalue weighted by atomic mass is 10.0. The van der Waals surface area contributed by atoms with Crippen molar-refractivity contribution in [3.8, 4) is 0 Å². The SMILES string of the molecule is CC(C)C[C@@H](C=O)NC(=O)[C@H](CCCN=C(N)N)NC(=O)[C@@H](NC(=O)[C@H](C)NC(=O)[C@H](CCC(=O)O)NC(=O)[C@H](CCC(=O)O)NC(=O)[C@@H](N)CCC(=O)O)C(C)C. The molecule has 0 aliphatic heterocycles. The number of hydrogen-bond acceptors (Lipinski definition) is 12. The van der Waals surface area contributed by atoms with Crippen LogP contribution in [0.3, 0.4) is 0 Å². The molecule has 0 aliphatic rings. The summed E-state index contributed by atoms with van der Waals surface area (Å²) in [4.78, 5) is 128. The van der Waals surface area contributed by atoms with Crippen LogP contribution >= 0.6 is 0 Å². The van der Waals surface area contributed by atoms with E-state index >= 15 is 0 Å². The predicted octanol–water partition coefficient (Wildman–Crippen LogP) is -3.21. The van der Waals surface area contributed by atoms with Crippen LogP contribution in [0.1, 0.15) is 92.4 Å². The summed E-state index contributed by atoms with van der Waals surface area (Å²) in [5, 5.41) is 41.8. The second kappa shape index (κ2) is 26.9. The third-order valence-electron chi connectivity index (χ3n) is 8.36. The first kappa shape index (κ1) is 52.1. The Balaban J connectivity index is 6.06. The van der Waals surface area contributed by atoms with Crippen LogP contribution in [-0.4, -0.2) is 130 Å². The first-order valence-electron chi connectivity index (χ1n) is 18.7. The predicted molar refractivity (Wildman–Crippen MR) is 206 cm³/mol. The fourth-order valence-corrected chi connectivity index (χ4v) is 5.20. The van der Waals surface area contributed by atoms with E-state index in [9.17, 15) is 53.1 Å². The topological polar surface area (TPSA) is 394 Å². The maximum absolute atomic E-state index is 13.5. The number of aliphatic imine (C=N–C) groups is 1. The summed E-state index contributed by atoms with van der Waals surface area (Å²) in [5.74, 6) is -10.1. The fraction of sp³-hybridized carbons (Fsp3) is 0.686.